The first kappa shape index (κ1) is 10.6. The molecule has 0 saturated carbocycles. The van der Waals surface area contributed by atoms with Gasteiger partial charge < -0.3 is 0 Å². The summed E-state index contributed by atoms with van der Waals surface area (Å²) in [5.41, 5.74) is 3.48. The Hall–Kier alpha value is -1.96. The van der Waals surface area contributed by atoms with E-state index in [0.717, 1.165) is 12.1 Å². The molecule has 0 spiro atoms. The highest BCUT2D eigenvalue weighted by atomic mass is 14.7. The summed E-state index contributed by atoms with van der Waals surface area (Å²) in [7, 11) is 0. The summed E-state index contributed by atoms with van der Waals surface area (Å²) in [4.78, 5) is 8.23. The molecule has 2 heteroatoms. The lowest BCUT2D eigenvalue weighted by atomic mass is 10.0. The number of aromatic nitrogens is 2. The molecule has 0 radical (unpaired) electrons. The first-order chi connectivity index (χ1) is 7.90. The molecule has 16 heavy (non-hydrogen) atoms. The molecule has 0 atom stereocenters. The Labute approximate surface area is 95.7 Å². The maximum atomic E-state index is 4.20. The summed E-state index contributed by atoms with van der Waals surface area (Å²) in [6.07, 6.45) is 10.2. The Morgan fingerprint density at radius 2 is 2.00 bits per heavy atom. The van der Waals surface area contributed by atoms with E-state index in [1.165, 1.54) is 11.1 Å². The average Bonchev–Trinajstić information content (AvgIpc) is 2.38. The highest BCUT2D eigenvalue weighted by molar-refractivity contribution is 5.69. The summed E-state index contributed by atoms with van der Waals surface area (Å²) >= 11 is 0. The quantitative estimate of drug-likeness (QED) is 0.777. The van der Waals surface area contributed by atoms with Crippen molar-refractivity contribution in [3.63, 3.8) is 0 Å². The Balaban J connectivity index is 2.24. The molecule has 1 aromatic heterocycles. The number of hydrogen-bond acceptors (Lipinski definition) is 2. The minimum absolute atomic E-state index is 0.883. The van der Waals surface area contributed by atoms with Crippen molar-refractivity contribution >= 4 is 12.2 Å². The molecular weight excluding hydrogens is 196 g/mol. The normalized spacial score (nSPS) is 10.8. The van der Waals surface area contributed by atoms with Crippen LogP contribution in [0, 0.1) is 0 Å². The fourth-order valence-corrected chi connectivity index (χ4v) is 1.59. The van der Waals surface area contributed by atoms with E-state index in [0.29, 0.717) is 0 Å². The number of hydrogen-bond donors (Lipinski definition) is 0. The highest BCUT2D eigenvalue weighted by Gasteiger charge is 1.94. The van der Waals surface area contributed by atoms with E-state index in [9.17, 15) is 0 Å². The van der Waals surface area contributed by atoms with Gasteiger partial charge in [-0.3, -0.25) is 9.97 Å². The second-order valence-electron chi connectivity index (χ2n) is 3.52. The lowest BCUT2D eigenvalue weighted by Crippen LogP contribution is -1.85. The lowest BCUT2D eigenvalue weighted by Gasteiger charge is -2.01. The summed E-state index contributed by atoms with van der Waals surface area (Å²) in [6.45, 7) is 2.16. The maximum Gasteiger partial charge on any atom is 0.0813 e. The van der Waals surface area contributed by atoms with Gasteiger partial charge in [-0.15, -0.1) is 0 Å². The molecule has 80 valence electrons. The first-order valence-corrected chi connectivity index (χ1v) is 5.42. The Bertz CT molecular complexity index is 475. The van der Waals surface area contributed by atoms with Crippen LogP contribution in [-0.4, -0.2) is 9.97 Å². The third kappa shape index (κ3) is 2.54. The fraction of sp³-hybridized carbons (Fsp3) is 0.143. The van der Waals surface area contributed by atoms with Crippen LogP contribution < -0.4 is 0 Å². The minimum atomic E-state index is 0.883. The zero-order chi connectivity index (χ0) is 11.2. The molecule has 2 rings (SSSR count). The van der Waals surface area contributed by atoms with Gasteiger partial charge in [0.1, 0.15) is 0 Å². The molecule has 2 nitrogen and oxygen atoms in total. The monoisotopic (exact) mass is 210 g/mol. The van der Waals surface area contributed by atoms with E-state index in [-0.39, 0.29) is 0 Å². The maximum absolute atomic E-state index is 4.20. The average molecular weight is 210 g/mol. The van der Waals surface area contributed by atoms with E-state index in [2.05, 4.69) is 47.2 Å². The van der Waals surface area contributed by atoms with Gasteiger partial charge >= 0.3 is 0 Å². The molecule has 2 aromatic rings. The molecule has 0 N–H and O–H groups in total. The molecule has 0 fully saturated rings. The summed E-state index contributed by atoms with van der Waals surface area (Å²) in [5, 5.41) is 0. The molecule has 0 aliphatic carbocycles. The smallest absolute Gasteiger partial charge is 0.0813 e. The molecule has 0 amide bonds. The zero-order valence-corrected chi connectivity index (χ0v) is 9.30. The Kier molecular flexibility index (Phi) is 3.44. The van der Waals surface area contributed by atoms with Crippen LogP contribution in [0.25, 0.3) is 12.2 Å². The first-order valence-electron chi connectivity index (χ1n) is 5.42. The predicted octanol–water partition coefficient (Wildman–Crippen LogP) is 3.21. The van der Waals surface area contributed by atoms with E-state index in [1.54, 1.807) is 18.6 Å². The second kappa shape index (κ2) is 5.21. The number of nitrogens with zero attached hydrogens (tertiary/aromatic N) is 2. The van der Waals surface area contributed by atoms with Gasteiger partial charge in [-0.05, 0) is 23.6 Å². The lowest BCUT2D eigenvalue weighted by molar-refractivity contribution is 1.13. The van der Waals surface area contributed by atoms with Gasteiger partial charge in [-0.2, -0.15) is 0 Å². The predicted molar refractivity (Wildman–Crippen MR) is 66.8 cm³/mol. The molecule has 0 aliphatic heterocycles. The standard InChI is InChI=1S/C14H14N2/c1-2-12-5-3-4-6-13(12)7-8-14-11-15-9-10-16-14/h3-11H,2H2,1H3. The zero-order valence-electron chi connectivity index (χ0n) is 9.30. The molecule has 0 unspecified atom stereocenters. The van der Waals surface area contributed by atoms with Crippen molar-refractivity contribution < 1.29 is 0 Å². The van der Waals surface area contributed by atoms with Gasteiger partial charge in [0.25, 0.3) is 0 Å². The van der Waals surface area contributed by atoms with E-state index >= 15 is 0 Å². The molecule has 1 aromatic carbocycles. The van der Waals surface area contributed by atoms with Crippen LogP contribution in [0.5, 0.6) is 0 Å². The molecular formula is C14H14N2. The highest BCUT2D eigenvalue weighted by Crippen LogP contribution is 2.12. The largest absolute Gasteiger partial charge is 0.261 e. The topological polar surface area (TPSA) is 25.8 Å². The van der Waals surface area contributed by atoms with E-state index in [1.807, 2.05) is 6.08 Å². The van der Waals surface area contributed by atoms with Crippen LogP contribution in [-0.2, 0) is 6.42 Å². The van der Waals surface area contributed by atoms with Gasteiger partial charge in [0.05, 0.1) is 11.9 Å². The molecule has 1 heterocycles. The van der Waals surface area contributed by atoms with Crippen molar-refractivity contribution in [1.82, 2.24) is 9.97 Å². The van der Waals surface area contributed by atoms with Gasteiger partial charge in [0, 0.05) is 12.4 Å². The minimum Gasteiger partial charge on any atom is -0.261 e. The van der Waals surface area contributed by atoms with Crippen LogP contribution in [0.3, 0.4) is 0 Å². The van der Waals surface area contributed by atoms with Crippen LogP contribution >= 0.6 is 0 Å². The Morgan fingerprint density at radius 1 is 1.12 bits per heavy atom. The van der Waals surface area contributed by atoms with Crippen molar-refractivity contribution in [2.75, 3.05) is 0 Å². The van der Waals surface area contributed by atoms with Crippen molar-refractivity contribution in [2.24, 2.45) is 0 Å². The van der Waals surface area contributed by atoms with E-state index < -0.39 is 0 Å². The fourth-order valence-electron chi connectivity index (χ4n) is 1.59. The van der Waals surface area contributed by atoms with Crippen molar-refractivity contribution in [3.05, 3.63) is 59.7 Å². The SMILES string of the molecule is CCc1ccccc1C=Cc1cnccn1. The third-order valence-electron chi connectivity index (χ3n) is 2.45. The van der Waals surface area contributed by atoms with Crippen LogP contribution in [0.2, 0.25) is 0 Å². The van der Waals surface area contributed by atoms with Crippen LogP contribution in [0.1, 0.15) is 23.7 Å². The molecule has 0 bridgehead atoms. The third-order valence-corrected chi connectivity index (χ3v) is 2.45. The Morgan fingerprint density at radius 3 is 2.75 bits per heavy atom. The number of aryl methyl sites for hydroxylation is 1. The molecule has 0 aliphatic rings. The second-order valence-corrected chi connectivity index (χ2v) is 3.52. The van der Waals surface area contributed by atoms with Gasteiger partial charge in [-0.1, -0.05) is 37.3 Å². The number of benzene rings is 1. The molecule has 0 saturated heterocycles. The van der Waals surface area contributed by atoms with Gasteiger partial charge in [0.2, 0.25) is 0 Å². The van der Waals surface area contributed by atoms with Gasteiger partial charge in [-0.25, -0.2) is 0 Å². The van der Waals surface area contributed by atoms with Crippen LogP contribution in [0.4, 0.5) is 0 Å². The number of rotatable bonds is 3. The van der Waals surface area contributed by atoms with E-state index in [4.69, 9.17) is 0 Å². The van der Waals surface area contributed by atoms with Crippen molar-refractivity contribution in [2.45, 2.75) is 13.3 Å². The summed E-state index contributed by atoms with van der Waals surface area (Å²) in [5.74, 6) is 0. The van der Waals surface area contributed by atoms with Crippen molar-refractivity contribution in [3.8, 4) is 0 Å². The summed E-state index contributed by atoms with van der Waals surface area (Å²) < 4.78 is 0. The van der Waals surface area contributed by atoms with Crippen molar-refractivity contribution in [1.29, 1.82) is 0 Å². The van der Waals surface area contributed by atoms with Gasteiger partial charge in [0.15, 0.2) is 0 Å². The van der Waals surface area contributed by atoms with Crippen LogP contribution in [0.15, 0.2) is 42.9 Å². The summed E-state index contributed by atoms with van der Waals surface area (Å²) in [6, 6.07) is 8.38.